The van der Waals surface area contributed by atoms with E-state index in [0.29, 0.717) is 34.8 Å². The molecular formula is C29H28ClN5O2. The third-order valence-electron chi connectivity index (χ3n) is 7.27. The van der Waals surface area contributed by atoms with Gasteiger partial charge in [-0.1, -0.05) is 23.7 Å². The second kappa shape index (κ2) is 9.39. The van der Waals surface area contributed by atoms with E-state index in [1.165, 1.54) is 0 Å². The lowest BCUT2D eigenvalue weighted by atomic mass is 9.95. The van der Waals surface area contributed by atoms with Crippen LogP contribution in [0.4, 0.5) is 0 Å². The summed E-state index contributed by atoms with van der Waals surface area (Å²) in [6.45, 7) is 5.56. The smallest absolute Gasteiger partial charge is 0.252 e. The highest BCUT2D eigenvalue weighted by Gasteiger charge is 2.47. The van der Waals surface area contributed by atoms with Crippen molar-refractivity contribution in [3.63, 3.8) is 0 Å². The molecule has 6 rings (SSSR count). The van der Waals surface area contributed by atoms with E-state index in [0.717, 1.165) is 59.1 Å². The lowest BCUT2D eigenvalue weighted by Crippen LogP contribution is -2.46. The Kier molecular flexibility index (Phi) is 6.05. The van der Waals surface area contributed by atoms with Crippen LogP contribution in [0.3, 0.4) is 0 Å². The Balaban J connectivity index is 1.33. The number of carbonyl (C=O) groups excluding carboxylic acids is 1. The Bertz CT molecular complexity index is 1500. The van der Waals surface area contributed by atoms with Gasteiger partial charge in [-0.3, -0.25) is 9.78 Å². The summed E-state index contributed by atoms with van der Waals surface area (Å²) >= 11 is 6.02. The molecule has 2 aromatic heterocycles. The number of hydrogen-bond donors (Lipinski definition) is 2. The van der Waals surface area contributed by atoms with E-state index >= 15 is 0 Å². The molecule has 0 radical (unpaired) electrons. The van der Waals surface area contributed by atoms with Crippen molar-refractivity contribution < 1.29 is 9.53 Å². The van der Waals surface area contributed by atoms with Crippen molar-refractivity contribution in [3.8, 4) is 17.1 Å². The molecular weight excluding hydrogens is 486 g/mol. The molecule has 2 fully saturated rings. The number of carbonyl (C=O) groups is 1. The quantitative estimate of drug-likeness (QED) is 0.356. The van der Waals surface area contributed by atoms with E-state index in [-0.39, 0.29) is 5.91 Å². The molecule has 2 aromatic carbocycles. The van der Waals surface area contributed by atoms with Gasteiger partial charge in [-0.05, 0) is 81.1 Å². The van der Waals surface area contributed by atoms with Crippen LogP contribution in [-0.2, 0) is 5.54 Å². The Labute approximate surface area is 220 Å². The Morgan fingerprint density at radius 3 is 2.62 bits per heavy atom. The zero-order chi connectivity index (χ0) is 25.6. The summed E-state index contributed by atoms with van der Waals surface area (Å²) in [7, 11) is 0. The van der Waals surface area contributed by atoms with Crippen LogP contribution in [0.2, 0.25) is 5.02 Å². The van der Waals surface area contributed by atoms with Crippen molar-refractivity contribution in [3.05, 3.63) is 82.3 Å². The minimum Gasteiger partial charge on any atom is -0.492 e. The molecule has 1 saturated carbocycles. The van der Waals surface area contributed by atoms with Gasteiger partial charge in [0.05, 0.1) is 16.1 Å². The van der Waals surface area contributed by atoms with E-state index in [1.807, 2.05) is 44.2 Å². The van der Waals surface area contributed by atoms with Crippen LogP contribution in [0.5, 0.6) is 5.75 Å². The van der Waals surface area contributed by atoms with Crippen LogP contribution in [0, 0.1) is 13.8 Å². The van der Waals surface area contributed by atoms with E-state index < -0.39 is 5.54 Å². The number of pyridine rings is 1. The predicted molar refractivity (Wildman–Crippen MR) is 144 cm³/mol. The largest absolute Gasteiger partial charge is 0.492 e. The second-order valence-corrected chi connectivity index (χ2v) is 10.5. The topological polar surface area (TPSA) is 89.0 Å². The first-order valence-corrected chi connectivity index (χ1v) is 13.0. The summed E-state index contributed by atoms with van der Waals surface area (Å²) in [5.74, 6) is 1.17. The average Bonchev–Trinajstić information content (AvgIpc) is 3.64. The summed E-state index contributed by atoms with van der Waals surface area (Å²) < 4.78 is 5.95. The standard InChI is InChI=1S/C29H28ClN5O2/c1-17-3-5-22(37-16-21-7-10-31-21)13-24(17)28(36)35-29(8-9-29)25-11-19(27-32-14-20(30)15-33-27)12-26-23(25)6-4-18(2)34-26/h3-6,11-15,21,31H,7-10,16H2,1-2H3,(H,35,36)/t21-/m0/s1. The highest BCUT2D eigenvalue weighted by molar-refractivity contribution is 6.30. The lowest BCUT2D eigenvalue weighted by Gasteiger charge is -2.27. The molecule has 0 bridgehead atoms. The summed E-state index contributed by atoms with van der Waals surface area (Å²) in [6.07, 6.45) is 5.98. The highest BCUT2D eigenvalue weighted by Crippen LogP contribution is 2.49. The zero-order valence-electron chi connectivity index (χ0n) is 20.8. The molecule has 8 heteroatoms. The summed E-state index contributed by atoms with van der Waals surface area (Å²) in [4.78, 5) is 27.2. The summed E-state index contributed by atoms with van der Waals surface area (Å²) in [5, 5.41) is 8.19. The Morgan fingerprint density at radius 1 is 1.14 bits per heavy atom. The van der Waals surface area contributed by atoms with Gasteiger partial charge < -0.3 is 15.4 Å². The maximum atomic E-state index is 13.6. The van der Waals surface area contributed by atoms with Gasteiger partial charge in [-0.25, -0.2) is 9.97 Å². The fourth-order valence-corrected chi connectivity index (χ4v) is 4.92. The molecule has 0 unspecified atom stereocenters. The van der Waals surface area contributed by atoms with Gasteiger partial charge in [0.25, 0.3) is 5.91 Å². The number of nitrogens with one attached hydrogen (secondary N) is 2. The van der Waals surface area contributed by atoms with Gasteiger partial charge >= 0.3 is 0 Å². The molecule has 1 aliphatic heterocycles. The number of aryl methyl sites for hydroxylation is 2. The number of aromatic nitrogens is 3. The first-order chi connectivity index (χ1) is 17.9. The predicted octanol–water partition coefficient (Wildman–Crippen LogP) is 5.12. The van der Waals surface area contributed by atoms with E-state index in [1.54, 1.807) is 12.4 Å². The van der Waals surface area contributed by atoms with Gasteiger partial charge in [0, 0.05) is 40.6 Å². The van der Waals surface area contributed by atoms with Crippen molar-refractivity contribution in [2.45, 2.75) is 44.7 Å². The van der Waals surface area contributed by atoms with Crippen LogP contribution >= 0.6 is 11.6 Å². The molecule has 7 nitrogen and oxygen atoms in total. The van der Waals surface area contributed by atoms with E-state index in [4.69, 9.17) is 21.3 Å². The van der Waals surface area contributed by atoms with Crippen LogP contribution in [-0.4, -0.2) is 40.1 Å². The number of hydrogen-bond acceptors (Lipinski definition) is 6. The van der Waals surface area contributed by atoms with Crippen molar-refractivity contribution in [2.24, 2.45) is 0 Å². The number of rotatable bonds is 7. The summed E-state index contributed by atoms with van der Waals surface area (Å²) in [6, 6.07) is 14.3. The minimum absolute atomic E-state index is 0.108. The average molecular weight is 514 g/mol. The van der Waals surface area contributed by atoms with Crippen molar-refractivity contribution in [2.75, 3.05) is 13.2 Å². The van der Waals surface area contributed by atoms with Gasteiger partial charge in [0.15, 0.2) is 5.82 Å². The highest BCUT2D eigenvalue weighted by atomic mass is 35.5. The molecule has 0 spiro atoms. The second-order valence-electron chi connectivity index (χ2n) is 10.0. The van der Waals surface area contributed by atoms with Gasteiger partial charge in [-0.2, -0.15) is 0 Å². The van der Waals surface area contributed by atoms with Gasteiger partial charge in [-0.15, -0.1) is 0 Å². The normalized spacial score (nSPS) is 17.8. The SMILES string of the molecule is Cc1ccc2c(C3(NC(=O)c4cc(OC[C@@H]5CCN5)ccc4C)CC3)cc(-c3ncc(Cl)cn3)cc2n1. The molecule has 4 aromatic rings. The zero-order valence-corrected chi connectivity index (χ0v) is 21.6. The first-order valence-electron chi connectivity index (χ1n) is 12.6. The lowest BCUT2D eigenvalue weighted by molar-refractivity contribution is 0.0930. The number of benzene rings is 2. The summed E-state index contributed by atoms with van der Waals surface area (Å²) in [5.41, 5.74) is 4.70. The third kappa shape index (κ3) is 4.77. The molecule has 1 saturated heterocycles. The van der Waals surface area contributed by atoms with Crippen LogP contribution in [0.1, 0.15) is 46.4 Å². The number of halogens is 1. The molecule has 2 N–H and O–H groups in total. The molecule has 3 heterocycles. The van der Waals surface area contributed by atoms with Crippen molar-refractivity contribution in [1.82, 2.24) is 25.6 Å². The monoisotopic (exact) mass is 513 g/mol. The molecule has 2 aliphatic rings. The maximum absolute atomic E-state index is 13.6. The number of nitrogens with zero attached hydrogens (tertiary/aromatic N) is 3. The van der Waals surface area contributed by atoms with E-state index in [2.05, 4.69) is 32.7 Å². The van der Waals surface area contributed by atoms with Gasteiger partial charge in [0.2, 0.25) is 0 Å². The molecule has 188 valence electrons. The number of amides is 1. The Hall–Kier alpha value is -3.55. The van der Waals surface area contributed by atoms with Gasteiger partial charge in [0.1, 0.15) is 12.4 Å². The van der Waals surface area contributed by atoms with Crippen molar-refractivity contribution in [1.29, 1.82) is 0 Å². The van der Waals surface area contributed by atoms with Crippen LogP contribution in [0.25, 0.3) is 22.3 Å². The molecule has 1 aliphatic carbocycles. The van der Waals surface area contributed by atoms with Crippen LogP contribution in [0.15, 0.2) is 54.9 Å². The molecule has 37 heavy (non-hydrogen) atoms. The fraction of sp³-hybridized carbons (Fsp3) is 0.310. The van der Waals surface area contributed by atoms with Crippen LogP contribution < -0.4 is 15.4 Å². The maximum Gasteiger partial charge on any atom is 0.252 e. The van der Waals surface area contributed by atoms with E-state index in [9.17, 15) is 4.79 Å². The fourth-order valence-electron chi connectivity index (χ4n) is 4.82. The molecule has 1 amide bonds. The van der Waals surface area contributed by atoms with Crippen molar-refractivity contribution >= 4 is 28.4 Å². The molecule has 1 atom stereocenters. The minimum atomic E-state index is -0.478. The number of fused-ring (bicyclic) bond motifs is 1. The number of ether oxygens (including phenoxy) is 1. The first kappa shape index (κ1) is 23.8. The third-order valence-corrected chi connectivity index (χ3v) is 7.47. The Morgan fingerprint density at radius 2 is 1.92 bits per heavy atom.